The van der Waals surface area contributed by atoms with E-state index in [1.807, 2.05) is 32.9 Å². The molecule has 0 saturated heterocycles. The van der Waals surface area contributed by atoms with E-state index in [0.29, 0.717) is 5.56 Å². The molecule has 1 rings (SSSR count). The average molecular weight is 278 g/mol. The first-order valence-corrected chi connectivity index (χ1v) is 6.72. The number of benzene rings is 1. The molecule has 2 N–H and O–H groups in total. The fourth-order valence-corrected chi connectivity index (χ4v) is 1.87. The molecule has 0 aliphatic rings. The molecule has 0 bridgehead atoms. The van der Waals surface area contributed by atoms with Crippen LogP contribution in [0.15, 0.2) is 24.3 Å². The van der Waals surface area contributed by atoms with Gasteiger partial charge in [-0.05, 0) is 25.0 Å². The number of methoxy groups -OCH3 is 1. The molecule has 0 saturated carbocycles. The molecule has 1 aromatic rings. The zero-order chi connectivity index (χ0) is 15.1. The second-order valence-corrected chi connectivity index (χ2v) is 4.79. The molecule has 0 aliphatic heterocycles. The Morgan fingerprint density at radius 1 is 1.25 bits per heavy atom. The van der Waals surface area contributed by atoms with Crippen molar-refractivity contribution in [3.63, 3.8) is 0 Å². The minimum absolute atomic E-state index is 0.0438. The van der Waals surface area contributed by atoms with Gasteiger partial charge in [-0.3, -0.25) is 4.79 Å². The zero-order valence-electron chi connectivity index (χ0n) is 12.4. The third-order valence-corrected chi connectivity index (χ3v) is 2.95. The fraction of sp³-hybridized carbons (Fsp3) is 0.467. The Labute approximate surface area is 119 Å². The van der Waals surface area contributed by atoms with E-state index in [-0.39, 0.29) is 11.8 Å². The minimum atomic E-state index is -0.651. The number of esters is 1. The van der Waals surface area contributed by atoms with E-state index in [1.54, 1.807) is 12.1 Å². The van der Waals surface area contributed by atoms with Gasteiger partial charge in [0.1, 0.15) is 6.04 Å². The van der Waals surface area contributed by atoms with Gasteiger partial charge in [0.2, 0.25) is 0 Å². The predicted octanol–water partition coefficient (Wildman–Crippen LogP) is 2.05. The summed E-state index contributed by atoms with van der Waals surface area (Å²) in [6.07, 6.45) is 0. The van der Waals surface area contributed by atoms with Gasteiger partial charge in [-0.2, -0.15) is 0 Å². The van der Waals surface area contributed by atoms with E-state index in [1.165, 1.54) is 7.11 Å². The first kappa shape index (κ1) is 16.0. The lowest BCUT2D eigenvalue weighted by Crippen LogP contribution is -2.45. The number of para-hydroxylation sites is 1. The van der Waals surface area contributed by atoms with Crippen molar-refractivity contribution >= 4 is 17.6 Å². The monoisotopic (exact) mass is 278 g/mol. The molecule has 0 fully saturated rings. The summed E-state index contributed by atoms with van der Waals surface area (Å²) in [5.74, 6) is -0.766. The molecule has 1 atom stereocenters. The van der Waals surface area contributed by atoms with Crippen LogP contribution in [-0.2, 0) is 9.53 Å². The molecule has 1 aromatic carbocycles. The number of carbonyl (C=O) groups excluding carboxylic acids is 2. The molecule has 0 aliphatic carbocycles. The van der Waals surface area contributed by atoms with Crippen LogP contribution < -0.4 is 10.6 Å². The van der Waals surface area contributed by atoms with Crippen molar-refractivity contribution in [1.82, 2.24) is 5.32 Å². The molecule has 5 heteroatoms. The van der Waals surface area contributed by atoms with E-state index in [9.17, 15) is 9.59 Å². The van der Waals surface area contributed by atoms with Gasteiger partial charge in [0, 0.05) is 12.2 Å². The van der Waals surface area contributed by atoms with Gasteiger partial charge >= 0.3 is 5.97 Å². The Kier molecular flexibility index (Phi) is 6.03. The maximum atomic E-state index is 12.3. The average Bonchev–Trinajstić information content (AvgIpc) is 2.44. The SMILES string of the molecule is CCNc1ccccc1C(=O)N[C@H](C(=O)OC)C(C)C. The van der Waals surface area contributed by atoms with E-state index >= 15 is 0 Å². The Morgan fingerprint density at radius 2 is 1.90 bits per heavy atom. The molecular formula is C15H22N2O3. The maximum absolute atomic E-state index is 12.3. The lowest BCUT2D eigenvalue weighted by atomic mass is 10.0. The van der Waals surface area contributed by atoms with Gasteiger partial charge in [0.05, 0.1) is 12.7 Å². The Balaban J connectivity index is 2.92. The summed E-state index contributed by atoms with van der Waals surface area (Å²) >= 11 is 0. The van der Waals surface area contributed by atoms with Crippen molar-refractivity contribution < 1.29 is 14.3 Å². The standard InChI is InChI=1S/C15H22N2O3/c1-5-16-12-9-7-6-8-11(12)14(18)17-13(10(2)3)15(19)20-4/h6-10,13,16H,5H2,1-4H3,(H,17,18)/t13-/m0/s1. The summed E-state index contributed by atoms with van der Waals surface area (Å²) < 4.78 is 4.72. The van der Waals surface area contributed by atoms with Crippen LogP contribution in [0.4, 0.5) is 5.69 Å². The maximum Gasteiger partial charge on any atom is 0.328 e. The van der Waals surface area contributed by atoms with Crippen molar-refractivity contribution in [2.24, 2.45) is 5.92 Å². The zero-order valence-corrected chi connectivity index (χ0v) is 12.4. The van der Waals surface area contributed by atoms with Gasteiger partial charge in [0.25, 0.3) is 5.91 Å². The molecule has 5 nitrogen and oxygen atoms in total. The quantitative estimate of drug-likeness (QED) is 0.781. The van der Waals surface area contributed by atoms with Crippen LogP contribution in [0.5, 0.6) is 0 Å². The Morgan fingerprint density at radius 3 is 2.45 bits per heavy atom. The lowest BCUT2D eigenvalue weighted by Gasteiger charge is -2.20. The van der Waals surface area contributed by atoms with E-state index in [0.717, 1.165) is 12.2 Å². The summed E-state index contributed by atoms with van der Waals surface area (Å²) in [6, 6.07) is 6.55. The van der Waals surface area contributed by atoms with Gasteiger partial charge in [-0.1, -0.05) is 26.0 Å². The van der Waals surface area contributed by atoms with Crippen molar-refractivity contribution in [3.05, 3.63) is 29.8 Å². The van der Waals surface area contributed by atoms with E-state index < -0.39 is 12.0 Å². The highest BCUT2D eigenvalue weighted by atomic mass is 16.5. The number of amides is 1. The smallest absolute Gasteiger partial charge is 0.328 e. The van der Waals surface area contributed by atoms with Crippen molar-refractivity contribution in [1.29, 1.82) is 0 Å². The molecule has 0 unspecified atom stereocenters. The first-order chi connectivity index (χ1) is 9.51. The highest BCUT2D eigenvalue weighted by Crippen LogP contribution is 2.15. The molecule has 1 amide bonds. The van der Waals surface area contributed by atoms with Crippen molar-refractivity contribution in [3.8, 4) is 0 Å². The summed E-state index contributed by atoms with van der Waals surface area (Å²) in [5.41, 5.74) is 1.27. The number of carbonyl (C=O) groups is 2. The molecule has 0 radical (unpaired) electrons. The summed E-state index contributed by atoms with van der Waals surface area (Å²) in [5, 5.41) is 5.85. The fourth-order valence-electron chi connectivity index (χ4n) is 1.87. The highest BCUT2D eigenvalue weighted by Gasteiger charge is 2.26. The number of hydrogen-bond acceptors (Lipinski definition) is 4. The van der Waals surface area contributed by atoms with Gasteiger partial charge in [-0.25, -0.2) is 4.79 Å². The van der Waals surface area contributed by atoms with Crippen LogP contribution in [0.3, 0.4) is 0 Å². The number of hydrogen-bond donors (Lipinski definition) is 2. The topological polar surface area (TPSA) is 67.4 Å². The number of nitrogens with one attached hydrogen (secondary N) is 2. The van der Waals surface area contributed by atoms with E-state index in [4.69, 9.17) is 4.74 Å². The highest BCUT2D eigenvalue weighted by molar-refractivity contribution is 6.01. The molecule has 110 valence electrons. The lowest BCUT2D eigenvalue weighted by molar-refractivity contribution is -0.144. The van der Waals surface area contributed by atoms with Gasteiger partial charge < -0.3 is 15.4 Å². The van der Waals surface area contributed by atoms with Crippen LogP contribution in [0.25, 0.3) is 0 Å². The second-order valence-electron chi connectivity index (χ2n) is 4.79. The number of rotatable bonds is 6. The number of ether oxygens (including phenoxy) is 1. The Bertz CT molecular complexity index is 472. The van der Waals surface area contributed by atoms with Crippen LogP contribution in [-0.4, -0.2) is 31.6 Å². The third kappa shape index (κ3) is 3.98. The molecule has 0 spiro atoms. The summed E-state index contributed by atoms with van der Waals surface area (Å²) in [7, 11) is 1.32. The third-order valence-electron chi connectivity index (χ3n) is 2.95. The van der Waals surface area contributed by atoms with E-state index in [2.05, 4.69) is 10.6 Å². The van der Waals surface area contributed by atoms with Crippen molar-refractivity contribution in [2.45, 2.75) is 26.8 Å². The number of anilines is 1. The van der Waals surface area contributed by atoms with Crippen LogP contribution in [0.1, 0.15) is 31.1 Å². The largest absolute Gasteiger partial charge is 0.467 e. The second kappa shape index (κ2) is 7.53. The van der Waals surface area contributed by atoms with Crippen LogP contribution in [0.2, 0.25) is 0 Å². The molecule has 20 heavy (non-hydrogen) atoms. The van der Waals surface area contributed by atoms with Crippen LogP contribution >= 0.6 is 0 Å². The molecule has 0 aromatic heterocycles. The summed E-state index contributed by atoms with van der Waals surface area (Å²) in [6.45, 7) is 6.39. The molecule has 0 heterocycles. The Hall–Kier alpha value is -2.04. The predicted molar refractivity (Wildman–Crippen MR) is 78.7 cm³/mol. The summed E-state index contributed by atoms with van der Waals surface area (Å²) in [4.78, 5) is 24.0. The normalized spacial score (nSPS) is 11.8. The first-order valence-electron chi connectivity index (χ1n) is 6.72. The minimum Gasteiger partial charge on any atom is -0.467 e. The van der Waals surface area contributed by atoms with Crippen LogP contribution in [0, 0.1) is 5.92 Å². The molecular weight excluding hydrogens is 256 g/mol. The van der Waals surface area contributed by atoms with Gasteiger partial charge in [0.15, 0.2) is 0 Å². The van der Waals surface area contributed by atoms with Crippen molar-refractivity contribution in [2.75, 3.05) is 19.0 Å². The van der Waals surface area contributed by atoms with Gasteiger partial charge in [-0.15, -0.1) is 0 Å².